The summed E-state index contributed by atoms with van der Waals surface area (Å²) in [7, 11) is 1.65. The van der Waals surface area contributed by atoms with Crippen molar-refractivity contribution in [1.82, 2.24) is 0 Å². The third kappa shape index (κ3) is 3.14. The number of nitrogens with two attached hydrogens (primary N) is 1. The fourth-order valence-electron chi connectivity index (χ4n) is 1.60. The molecule has 0 radical (unpaired) electrons. The number of benzene rings is 1. The van der Waals surface area contributed by atoms with Gasteiger partial charge in [0.1, 0.15) is 11.5 Å². The monoisotopic (exact) mass is 223 g/mol. The quantitative estimate of drug-likeness (QED) is 0.754. The smallest absolute Gasteiger partial charge is 0.127 e. The summed E-state index contributed by atoms with van der Waals surface area (Å²) < 4.78 is 11.0. The fourth-order valence-corrected chi connectivity index (χ4v) is 1.60. The first-order valence-corrected chi connectivity index (χ1v) is 5.76. The van der Waals surface area contributed by atoms with Crippen LogP contribution < -0.4 is 15.2 Å². The maximum atomic E-state index is 5.94. The zero-order valence-corrected chi connectivity index (χ0v) is 10.3. The molecule has 3 heteroatoms. The summed E-state index contributed by atoms with van der Waals surface area (Å²) in [5.41, 5.74) is 6.88. The van der Waals surface area contributed by atoms with Crippen LogP contribution in [0.2, 0.25) is 0 Å². The second-order valence-corrected chi connectivity index (χ2v) is 3.86. The van der Waals surface area contributed by atoms with Crippen molar-refractivity contribution in [3.05, 3.63) is 23.8 Å². The largest absolute Gasteiger partial charge is 0.496 e. The van der Waals surface area contributed by atoms with Crippen LogP contribution in [0.25, 0.3) is 0 Å². The lowest BCUT2D eigenvalue weighted by atomic mass is 10.1. The highest BCUT2D eigenvalue weighted by atomic mass is 16.5. The molecule has 0 fully saturated rings. The minimum atomic E-state index is -0.0900. The third-order valence-corrected chi connectivity index (χ3v) is 2.46. The minimum absolute atomic E-state index is 0.0900. The first-order valence-electron chi connectivity index (χ1n) is 5.76. The van der Waals surface area contributed by atoms with Crippen LogP contribution in [0, 0.1) is 0 Å². The highest BCUT2D eigenvalue weighted by Crippen LogP contribution is 2.32. The van der Waals surface area contributed by atoms with Gasteiger partial charge in [-0.3, -0.25) is 0 Å². The number of rotatable bonds is 6. The molecule has 0 saturated carbocycles. The van der Waals surface area contributed by atoms with E-state index in [0.29, 0.717) is 0 Å². The Morgan fingerprint density at radius 2 is 2.00 bits per heavy atom. The predicted molar refractivity (Wildman–Crippen MR) is 66.0 cm³/mol. The van der Waals surface area contributed by atoms with Crippen molar-refractivity contribution in [1.29, 1.82) is 0 Å². The standard InChI is InChI=1S/C13H21NO2/c1-4-5-9-16-12-8-6-7-11(15-3)13(12)10(2)14/h6-8,10H,4-5,9,14H2,1-3H3/t10-/m1/s1. The Kier molecular flexibility index (Phi) is 5.12. The van der Waals surface area contributed by atoms with E-state index in [4.69, 9.17) is 15.2 Å². The summed E-state index contributed by atoms with van der Waals surface area (Å²) in [5.74, 6) is 1.63. The van der Waals surface area contributed by atoms with Gasteiger partial charge in [-0.15, -0.1) is 0 Å². The van der Waals surface area contributed by atoms with Crippen LogP contribution >= 0.6 is 0 Å². The lowest BCUT2D eigenvalue weighted by Gasteiger charge is -2.17. The average molecular weight is 223 g/mol. The Morgan fingerprint density at radius 3 is 2.56 bits per heavy atom. The van der Waals surface area contributed by atoms with Crippen LogP contribution in [0.4, 0.5) is 0 Å². The second-order valence-electron chi connectivity index (χ2n) is 3.86. The molecule has 0 saturated heterocycles. The van der Waals surface area contributed by atoms with Crippen LogP contribution in [0.15, 0.2) is 18.2 Å². The molecule has 1 aromatic rings. The zero-order chi connectivity index (χ0) is 12.0. The second kappa shape index (κ2) is 6.38. The Hall–Kier alpha value is -1.22. The SMILES string of the molecule is CCCCOc1cccc(OC)c1[C@@H](C)N. The van der Waals surface area contributed by atoms with E-state index >= 15 is 0 Å². The van der Waals surface area contributed by atoms with Gasteiger partial charge in [-0.25, -0.2) is 0 Å². The van der Waals surface area contributed by atoms with Crippen molar-refractivity contribution in [2.45, 2.75) is 32.7 Å². The molecule has 1 atom stereocenters. The number of ether oxygens (including phenoxy) is 2. The minimum Gasteiger partial charge on any atom is -0.496 e. The van der Waals surface area contributed by atoms with E-state index in [1.54, 1.807) is 7.11 Å². The van der Waals surface area contributed by atoms with Gasteiger partial charge in [0.25, 0.3) is 0 Å². The first-order chi connectivity index (χ1) is 7.70. The molecule has 2 N–H and O–H groups in total. The molecule has 1 rings (SSSR count). The molecular formula is C13H21NO2. The van der Waals surface area contributed by atoms with Crippen molar-refractivity contribution in [3.8, 4) is 11.5 Å². The van der Waals surface area contributed by atoms with Gasteiger partial charge in [0.15, 0.2) is 0 Å². The molecule has 0 bridgehead atoms. The summed E-state index contributed by atoms with van der Waals surface area (Å²) in [6.45, 7) is 4.80. The van der Waals surface area contributed by atoms with Gasteiger partial charge in [0, 0.05) is 6.04 Å². The Bertz CT molecular complexity index is 324. The molecule has 0 aromatic heterocycles. The lowest BCUT2D eigenvalue weighted by molar-refractivity contribution is 0.301. The first kappa shape index (κ1) is 12.8. The maximum Gasteiger partial charge on any atom is 0.127 e. The summed E-state index contributed by atoms with van der Waals surface area (Å²) in [6.07, 6.45) is 2.17. The average Bonchev–Trinajstić information content (AvgIpc) is 2.28. The Labute approximate surface area is 97.6 Å². The van der Waals surface area contributed by atoms with Gasteiger partial charge in [0.2, 0.25) is 0 Å². The van der Waals surface area contributed by atoms with Crippen molar-refractivity contribution in [2.24, 2.45) is 5.73 Å². The topological polar surface area (TPSA) is 44.5 Å². The molecule has 90 valence electrons. The molecule has 0 unspecified atom stereocenters. The summed E-state index contributed by atoms with van der Waals surface area (Å²) in [6, 6.07) is 5.68. The van der Waals surface area contributed by atoms with Crippen molar-refractivity contribution >= 4 is 0 Å². The van der Waals surface area contributed by atoms with E-state index in [1.165, 1.54) is 0 Å². The molecule has 3 nitrogen and oxygen atoms in total. The number of methoxy groups -OCH3 is 1. The summed E-state index contributed by atoms with van der Waals surface area (Å²) in [4.78, 5) is 0. The Morgan fingerprint density at radius 1 is 1.31 bits per heavy atom. The highest BCUT2D eigenvalue weighted by molar-refractivity contribution is 5.46. The van der Waals surface area contributed by atoms with E-state index in [-0.39, 0.29) is 6.04 Å². The molecule has 0 amide bonds. The van der Waals surface area contributed by atoms with Gasteiger partial charge in [-0.1, -0.05) is 19.4 Å². The number of hydrogen-bond acceptors (Lipinski definition) is 3. The van der Waals surface area contributed by atoms with E-state index < -0.39 is 0 Å². The van der Waals surface area contributed by atoms with Crippen LogP contribution in [0.5, 0.6) is 11.5 Å². The molecule has 0 aliphatic heterocycles. The predicted octanol–water partition coefficient (Wildman–Crippen LogP) is 2.89. The fraction of sp³-hybridized carbons (Fsp3) is 0.538. The van der Waals surface area contributed by atoms with Gasteiger partial charge in [-0.2, -0.15) is 0 Å². The molecular weight excluding hydrogens is 202 g/mol. The normalized spacial score (nSPS) is 12.2. The number of hydrogen-bond donors (Lipinski definition) is 1. The summed E-state index contributed by atoms with van der Waals surface area (Å²) >= 11 is 0. The van der Waals surface area contributed by atoms with E-state index in [1.807, 2.05) is 25.1 Å². The van der Waals surface area contributed by atoms with Crippen LogP contribution in [0.3, 0.4) is 0 Å². The lowest BCUT2D eigenvalue weighted by Crippen LogP contribution is -2.10. The van der Waals surface area contributed by atoms with Gasteiger partial charge in [0.05, 0.1) is 19.3 Å². The van der Waals surface area contributed by atoms with Crippen molar-refractivity contribution < 1.29 is 9.47 Å². The zero-order valence-electron chi connectivity index (χ0n) is 10.3. The molecule has 0 aliphatic carbocycles. The van der Waals surface area contributed by atoms with Crippen LogP contribution in [-0.4, -0.2) is 13.7 Å². The van der Waals surface area contributed by atoms with Gasteiger partial charge in [-0.05, 0) is 25.5 Å². The van der Waals surface area contributed by atoms with E-state index in [2.05, 4.69) is 6.92 Å². The highest BCUT2D eigenvalue weighted by Gasteiger charge is 2.13. The molecule has 0 heterocycles. The molecule has 0 spiro atoms. The molecule has 0 aliphatic rings. The Balaban J connectivity index is 2.89. The molecule has 16 heavy (non-hydrogen) atoms. The summed E-state index contributed by atoms with van der Waals surface area (Å²) in [5, 5.41) is 0. The van der Waals surface area contributed by atoms with E-state index in [0.717, 1.165) is 36.5 Å². The molecule has 1 aromatic carbocycles. The van der Waals surface area contributed by atoms with Gasteiger partial charge >= 0.3 is 0 Å². The maximum absolute atomic E-state index is 5.94. The number of unbranched alkanes of at least 4 members (excludes halogenated alkanes) is 1. The van der Waals surface area contributed by atoms with Crippen molar-refractivity contribution in [3.63, 3.8) is 0 Å². The third-order valence-electron chi connectivity index (χ3n) is 2.46. The van der Waals surface area contributed by atoms with Crippen molar-refractivity contribution in [2.75, 3.05) is 13.7 Å². The van der Waals surface area contributed by atoms with E-state index in [9.17, 15) is 0 Å². The van der Waals surface area contributed by atoms with Crippen LogP contribution in [-0.2, 0) is 0 Å². The van der Waals surface area contributed by atoms with Gasteiger partial charge < -0.3 is 15.2 Å². The van der Waals surface area contributed by atoms with Crippen LogP contribution in [0.1, 0.15) is 38.3 Å².